The van der Waals surface area contributed by atoms with Gasteiger partial charge < -0.3 is 9.47 Å². The molecule has 0 spiro atoms. The molecule has 2 unspecified atom stereocenters. The van der Waals surface area contributed by atoms with E-state index in [1.807, 2.05) is 17.0 Å². The van der Waals surface area contributed by atoms with Crippen molar-refractivity contribution in [1.29, 1.82) is 0 Å². The molecule has 2 rings (SSSR count). The molecule has 25 heavy (non-hydrogen) atoms. The molecule has 0 radical (unpaired) electrons. The topological polar surface area (TPSA) is 55.8 Å². The fourth-order valence-corrected chi connectivity index (χ4v) is 3.26. The van der Waals surface area contributed by atoms with Gasteiger partial charge in [0.05, 0.1) is 14.2 Å². The zero-order valence-electron chi connectivity index (χ0n) is 14.0. The Balaban J connectivity index is 0.00000312. The first-order valence-electron chi connectivity index (χ1n) is 7.50. The average Bonchev–Trinajstić information content (AvgIpc) is 2.59. The molecule has 1 aliphatic rings. The Morgan fingerprint density at radius 3 is 2.60 bits per heavy atom. The van der Waals surface area contributed by atoms with Crippen LogP contribution in [-0.2, 0) is 19.1 Å². The number of ether oxygens (including phenoxy) is 2. The van der Waals surface area contributed by atoms with Gasteiger partial charge in [0.25, 0.3) is 0 Å². The summed E-state index contributed by atoms with van der Waals surface area (Å²) >= 11 is 10.8. The van der Waals surface area contributed by atoms with Crippen LogP contribution in [0.4, 0.5) is 0 Å². The number of carbonyl (C=O) groups excluding carboxylic acids is 2. The Kier molecular flexibility index (Phi) is 8.79. The van der Waals surface area contributed by atoms with E-state index in [2.05, 4.69) is 17.4 Å². The number of hydrogen-bond donors (Lipinski definition) is 1. The Morgan fingerprint density at radius 2 is 2.00 bits per heavy atom. The van der Waals surface area contributed by atoms with E-state index in [4.69, 9.17) is 16.3 Å². The summed E-state index contributed by atoms with van der Waals surface area (Å²) in [6, 6.07) is 6.55. The van der Waals surface area contributed by atoms with E-state index in [0.29, 0.717) is 30.1 Å². The molecule has 0 bridgehead atoms. The van der Waals surface area contributed by atoms with Crippen LogP contribution in [0.15, 0.2) is 35.9 Å². The summed E-state index contributed by atoms with van der Waals surface area (Å²) in [5.41, 5.74) is 1.48. The van der Waals surface area contributed by atoms with Gasteiger partial charge in [0, 0.05) is 29.4 Å². The van der Waals surface area contributed by atoms with Gasteiger partial charge in [-0.25, -0.2) is 9.59 Å². The predicted octanol–water partition coefficient (Wildman–Crippen LogP) is 3.08. The largest absolute Gasteiger partial charge is 0.468 e. The first-order chi connectivity index (χ1) is 11.5. The third kappa shape index (κ3) is 5.38. The van der Waals surface area contributed by atoms with Crippen LogP contribution in [0.2, 0.25) is 5.02 Å². The van der Waals surface area contributed by atoms with Gasteiger partial charge in [0.1, 0.15) is 6.04 Å². The summed E-state index contributed by atoms with van der Waals surface area (Å²) in [6.45, 7) is 1.05. The zero-order valence-corrected chi connectivity index (χ0v) is 16.4. The van der Waals surface area contributed by atoms with Crippen LogP contribution in [0.5, 0.6) is 0 Å². The molecule has 1 aromatic rings. The Labute approximate surface area is 164 Å². The highest BCUT2D eigenvalue weighted by Gasteiger charge is 2.34. The summed E-state index contributed by atoms with van der Waals surface area (Å²) in [7, 11) is 2.68. The van der Waals surface area contributed by atoms with Gasteiger partial charge in [0.15, 0.2) is 0 Å². The number of methoxy groups -OCH3 is 2. The molecule has 0 amide bonds. The highest BCUT2D eigenvalue weighted by atomic mass is 35.5. The van der Waals surface area contributed by atoms with Crippen LogP contribution in [-0.4, -0.2) is 49.4 Å². The Bertz CT molecular complexity index is 653. The van der Waals surface area contributed by atoms with Gasteiger partial charge >= 0.3 is 11.9 Å². The number of carbonyl (C=O) groups is 2. The number of piperidine rings is 1. The van der Waals surface area contributed by atoms with E-state index in [1.54, 1.807) is 12.1 Å². The van der Waals surface area contributed by atoms with E-state index in [-0.39, 0.29) is 17.7 Å². The summed E-state index contributed by atoms with van der Waals surface area (Å²) in [4.78, 5) is 25.9. The highest BCUT2D eigenvalue weighted by molar-refractivity contribution is 7.81. The van der Waals surface area contributed by atoms with Crippen LogP contribution in [0, 0.1) is 0 Å². The lowest BCUT2D eigenvalue weighted by Crippen LogP contribution is -2.42. The summed E-state index contributed by atoms with van der Waals surface area (Å²) < 4.78 is 9.66. The minimum Gasteiger partial charge on any atom is -0.468 e. The van der Waals surface area contributed by atoms with Gasteiger partial charge in [-0.05, 0) is 23.6 Å². The number of hydrogen-bond acceptors (Lipinski definition) is 6. The molecule has 5 nitrogen and oxygen atoms in total. The van der Waals surface area contributed by atoms with Crippen LogP contribution < -0.4 is 0 Å². The standard InChI is InChI=1S/C17H20ClNO4S.ClH/c1-22-15(20)9-11-10-19(8-7-14(11)24)16(17(21)23-2)12-5-3-4-6-13(12)18;/h3-6,9,14,16,24H,7-8,10H2,1-2H3;1H/b11-9+;. The van der Waals surface area contributed by atoms with Crippen LogP contribution in [0.1, 0.15) is 18.0 Å². The molecule has 1 heterocycles. The lowest BCUT2D eigenvalue weighted by molar-refractivity contribution is -0.147. The third-order valence-electron chi connectivity index (χ3n) is 4.00. The molecule has 138 valence electrons. The maximum absolute atomic E-state index is 12.4. The number of thiol groups is 1. The van der Waals surface area contributed by atoms with Gasteiger partial charge in [-0.15, -0.1) is 12.4 Å². The van der Waals surface area contributed by atoms with E-state index < -0.39 is 18.0 Å². The predicted molar refractivity (Wildman–Crippen MR) is 103 cm³/mol. The van der Waals surface area contributed by atoms with Crippen LogP contribution in [0.3, 0.4) is 0 Å². The fraction of sp³-hybridized carbons (Fsp3) is 0.412. The van der Waals surface area contributed by atoms with Crippen molar-refractivity contribution in [3.8, 4) is 0 Å². The SMILES string of the molecule is COC(=O)/C=C1\CN(C(C(=O)OC)c2ccccc2Cl)CCC1S.Cl. The summed E-state index contributed by atoms with van der Waals surface area (Å²) in [5, 5.41) is 0.448. The van der Waals surface area contributed by atoms with Gasteiger partial charge in [-0.2, -0.15) is 12.6 Å². The minimum absolute atomic E-state index is 0. The van der Waals surface area contributed by atoms with Crippen molar-refractivity contribution >= 4 is 48.6 Å². The van der Waals surface area contributed by atoms with E-state index in [0.717, 1.165) is 5.57 Å². The molecule has 0 N–H and O–H groups in total. The smallest absolute Gasteiger partial charge is 0.330 e. The van der Waals surface area contributed by atoms with Gasteiger partial charge in [0.2, 0.25) is 0 Å². The van der Waals surface area contributed by atoms with E-state index in [9.17, 15) is 9.59 Å². The number of esters is 2. The normalized spacial score (nSPS) is 20.5. The summed E-state index contributed by atoms with van der Waals surface area (Å²) in [5.74, 6) is -0.823. The second-order valence-electron chi connectivity index (χ2n) is 5.46. The maximum Gasteiger partial charge on any atom is 0.330 e. The molecule has 0 aliphatic carbocycles. The first kappa shape index (κ1) is 21.8. The molecule has 0 saturated carbocycles. The first-order valence-corrected chi connectivity index (χ1v) is 8.40. The van der Waals surface area contributed by atoms with E-state index in [1.165, 1.54) is 20.3 Å². The number of likely N-dealkylation sites (tertiary alicyclic amines) is 1. The van der Waals surface area contributed by atoms with Crippen LogP contribution >= 0.6 is 36.6 Å². The van der Waals surface area contributed by atoms with Crippen molar-refractivity contribution in [3.63, 3.8) is 0 Å². The second-order valence-corrected chi connectivity index (χ2v) is 6.50. The fourth-order valence-electron chi connectivity index (χ4n) is 2.75. The molecular weight excluding hydrogens is 385 g/mol. The number of benzene rings is 1. The monoisotopic (exact) mass is 405 g/mol. The second kappa shape index (κ2) is 10.1. The molecule has 2 atom stereocenters. The lowest BCUT2D eigenvalue weighted by atomic mass is 9.98. The van der Waals surface area contributed by atoms with Crippen molar-refractivity contribution in [3.05, 3.63) is 46.5 Å². The maximum atomic E-state index is 12.4. The Hall–Kier alpha value is -1.21. The molecule has 1 fully saturated rings. The third-order valence-corrected chi connectivity index (χ3v) is 4.93. The number of halogens is 2. The highest BCUT2D eigenvalue weighted by Crippen LogP contribution is 2.33. The number of nitrogens with zero attached hydrogens (tertiary/aromatic N) is 1. The van der Waals surface area contributed by atoms with Crippen molar-refractivity contribution in [1.82, 2.24) is 4.90 Å². The minimum atomic E-state index is -0.634. The van der Waals surface area contributed by atoms with Crippen molar-refractivity contribution in [2.75, 3.05) is 27.3 Å². The quantitative estimate of drug-likeness (QED) is 0.473. The molecule has 1 aliphatic heterocycles. The van der Waals surface area contributed by atoms with Crippen LogP contribution in [0.25, 0.3) is 0 Å². The zero-order chi connectivity index (χ0) is 17.7. The van der Waals surface area contributed by atoms with Gasteiger partial charge in [-0.1, -0.05) is 29.8 Å². The molecule has 0 aromatic heterocycles. The molecule has 8 heteroatoms. The van der Waals surface area contributed by atoms with Crippen molar-refractivity contribution < 1.29 is 19.1 Å². The molecule has 1 aromatic carbocycles. The van der Waals surface area contributed by atoms with Gasteiger partial charge in [-0.3, -0.25) is 4.90 Å². The molecule has 1 saturated heterocycles. The number of rotatable bonds is 4. The molecular formula is C17H21Cl2NO4S. The Morgan fingerprint density at radius 1 is 1.32 bits per heavy atom. The van der Waals surface area contributed by atoms with E-state index >= 15 is 0 Å². The average molecular weight is 406 g/mol. The lowest BCUT2D eigenvalue weighted by Gasteiger charge is -2.36. The summed E-state index contributed by atoms with van der Waals surface area (Å²) in [6.07, 6.45) is 2.13. The van der Waals surface area contributed by atoms with Crippen molar-refractivity contribution in [2.24, 2.45) is 0 Å². The van der Waals surface area contributed by atoms with Crippen molar-refractivity contribution in [2.45, 2.75) is 17.7 Å².